The Hall–Kier alpha value is -3.14. The first-order valence-corrected chi connectivity index (χ1v) is 7.62. The standard InChI is InChI=1S/C20H20N2O2/c1-5-9-12-13(8-4)17-15-16(20(24)21-17)18(22-19(15)23)14(10-6-2)11-7-3/h5-12H,1-2H2,3-4H3,(H,21,24)(H,22,23)/b11-7-,12-9-,13-8+,14-10+. The fourth-order valence-corrected chi connectivity index (χ4v) is 2.64. The molecule has 0 aromatic heterocycles. The zero-order chi connectivity index (χ0) is 17.7. The lowest BCUT2D eigenvalue weighted by molar-refractivity contribution is -0.117. The van der Waals surface area contributed by atoms with Gasteiger partial charge in [-0.3, -0.25) is 9.59 Å². The van der Waals surface area contributed by atoms with Gasteiger partial charge in [-0.25, -0.2) is 0 Å². The minimum atomic E-state index is -0.292. The molecule has 0 radical (unpaired) electrons. The minimum absolute atomic E-state index is 0.292. The van der Waals surface area contributed by atoms with Crippen molar-refractivity contribution < 1.29 is 9.59 Å². The van der Waals surface area contributed by atoms with E-state index < -0.39 is 0 Å². The maximum absolute atomic E-state index is 12.5. The molecule has 0 aromatic rings. The molecule has 0 saturated heterocycles. The lowest BCUT2D eigenvalue weighted by atomic mass is 10.0. The third-order valence-electron chi connectivity index (χ3n) is 3.63. The molecule has 0 spiro atoms. The lowest BCUT2D eigenvalue weighted by Crippen LogP contribution is -2.23. The molecule has 0 unspecified atom stereocenters. The summed E-state index contributed by atoms with van der Waals surface area (Å²) in [5.74, 6) is -0.585. The predicted octanol–water partition coefficient (Wildman–Crippen LogP) is 3.13. The Balaban J connectivity index is 2.66. The van der Waals surface area contributed by atoms with Gasteiger partial charge in [0.1, 0.15) is 0 Å². The van der Waals surface area contributed by atoms with Gasteiger partial charge in [-0.15, -0.1) is 0 Å². The first-order chi connectivity index (χ1) is 11.6. The number of hydrogen-bond acceptors (Lipinski definition) is 2. The van der Waals surface area contributed by atoms with Crippen molar-refractivity contribution in [2.75, 3.05) is 0 Å². The molecule has 0 aromatic carbocycles. The van der Waals surface area contributed by atoms with E-state index in [2.05, 4.69) is 23.8 Å². The number of fused-ring (bicyclic) bond motifs is 1. The number of hydrogen-bond donors (Lipinski definition) is 2. The zero-order valence-corrected chi connectivity index (χ0v) is 13.8. The Morgan fingerprint density at radius 1 is 0.875 bits per heavy atom. The molecular formula is C20H20N2O2. The van der Waals surface area contributed by atoms with Crippen molar-refractivity contribution in [3.05, 3.63) is 95.5 Å². The van der Waals surface area contributed by atoms with Crippen molar-refractivity contribution in [1.82, 2.24) is 10.6 Å². The molecule has 2 heterocycles. The summed E-state index contributed by atoms with van der Waals surface area (Å²) in [5.41, 5.74) is 3.24. The molecule has 4 heteroatoms. The lowest BCUT2D eigenvalue weighted by Gasteiger charge is -2.08. The fourth-order valence-electron chi connectivity index (χ4n) is 2.64. The van der Waals surface area contributed by atoms with Crippen LogP contribution >= 0.6 is 0 Å². The highest BCUT2D eigenvalue weighted by Crippen LogP contribution is 2.35. The first-order valence-electron chi connectivity index (χ1n) is 7.62. The largest absolute Gasteiger partial charge is 0.321 e. The van der Waals surface area contributed by atoms with Crippen molar-refractivity contribution in [3.8, 4) is 0 Å². The Kier molecular flexibility index (Phi) is 5.32. The quantitative estimate of drug-likeness (QED) is 0.739. The Labute approximate surface area is 142 Å². The molecule has 24 heavy (non-hydrogen) atoms. The summed E-state index contributed by atoms with van der Waals surface area (Å²) in [4.78, 5) is 25.0. The van der Waals surface area contributed by atoms with Crippen molar-refractivity contribution >= 4 is 11.8 Å². The van der Waals surface area contributed by atoms with Gasteiger partial charge in [-0.05, 0) is 25.0 Å². The normalized spacial score (nSPS) is 18.6. The van der Waals surface area contributed by atoms with Gasteiger partial charge >= 0.3 is 0 Å². The molecule has 0 bridgehead atoms. The summed E-state index contributed by atoms with van der Waals surface area (Å²) >= 11 is 0. The Morgan fingerprint density at radius 3 is 1.92 bits per heavy atom. The number of rotatable bonds is 6. The minimum Gasteiger partial charge on any atom is -0.321 e. The summed E-state index contributed by atoms with van der Waals surface area (Å²) in [5, 5.41) is 5.61. The molecule has 0 aliphatic carbocycles. The molecule has 2 aliphatic rings. The molecule has 2 amide bonds. The molecule has 122 valence electrons. The van der Waals surface area contributed by atoms with Gasteiger partial charge < -0.3 is 10.6 Å². The van der Waals surface area contributed by atoms with E-state index in [1.165, 1.54) is 0 Å². The summed E-state index contributed by atoms with van der Waals surface area (Å²) in [6.07, 6.45) is 14.1. The van der Waals surface area contributed by atoms with Gasteiger partial charge in [0.2, 0.25) is 0 Å². The van der Waals surface area contributed by atoms with Gasteiger partial charge in [0, 0.05) is 0 Å². The summed E-state index contributed by atoms with van der Waals surface area (Å²) < 4.78 is 0. The van der Waals surface area contributed by atoms with Crippen LogP contribution in [0.4, 0.5) is 0 Å². The second-order valence-corrected chi connectivity index (χ2v) is 5.10. The first kappa shape index (κ1) is 17.2. The number of carbonyl (C=O) groups excluding carboxylic acids is 2. The van der Waals surface area contributed by atoms with Crippen LogP contribution in [0.1, 0.15) is 13.8 Å². The maximum Gasteiger partial charge on any atom is 0.258 e. The molecule has 2 N–H and O–H groups in total. The molecule has 0 saturated carbocycles. The number of amides is 2. The highest BCUT2D eigenvalue weighted by molar-refractivity contribution is 6.20. The molecule has 2 aliphatic heterocycles. The van der Waals surface area contributed by atoms with Gasteiger partial charge in [0.15, 0.2) is 0 Å². The average Bonchev–Trinajstić information content (AvgIpc) is 3.08. The fraction of sp³-hybridized carbons (Fsp3) is 0.100. The van der Waals surface area contributed by atoms with E-state index in [1.54, 1.807) is 30.4 Å². The van der Waals surface area contributed by atoms with Gasteiger partial charge in [-0.2, -0.15) is 0 Å². The third-order valence-corrected chi connectivity index (χ3v) is 3.63. The maximum atomic E-state index is 12.5. The molecular weight excluding hydrogens is 300 g/mol. The second kappa shape index (κ2) is 7.42. The van der Waals surface area contributed by atoms with Crippen LogP contribution < -0.4 is 10.6 Å². The van der Waals surface area contributed by atoms with Crippen LogP contribution in [0.5, 0.6) is 0 Å². The third kappa shape index (κ3) is 2.99. The highest BCUT2D eigenvalue weighted by Gasteiger charge is 2.40. The molecule has 0 atom stereocenters. The zero-order valence-electron chi connectivity index (χ0n) is 13.8. The van der Waals surface area contributed by atoms with Gasteiger partial charge in [-0.1, -0.05) is 61.8 Å². The molecule has 0 fully saturated rings. The second-order valence-electron chi connectivity index (χ2n) is 5.10. The van der Waals surface area contributed by atoms with Crippen LogP contribution in [0.3, 0.4) is 0 Å². The van der Waals surface area contributed by atoms with E-state index >= 15 is 0 Å². The summed E-state index contributed by atoms with van der Waals surface area (Å²) in [7, 11) is 0. The van der Waals surface area contributed by atoms with E-state index in [1.807, 2.05) is 32.1 Å². The van der Waals surface area contributed by atoms with E-state index in [0.29, 0.717) is 22.5 Å². The Morgan fingerprint density at radius 2 is 1.46 bits per heavy atom. The monoisotopic (exact) mass is 320 g/mol. The highest BCUT2D eigenvalue weighted by atomic mass is 16.2. The van der Waals surface area contributed by atoms with Crippen LogP contribution in [-0.2, 0) is 9.59 Å². The number of carbonyl (C=O) groups is 2. The predicted molar refractivity (Wildman–Crippen MR) is 96.5 cm³/mol. The topological polar surface area (TPSA) is 58.2 Å². The Bertz CT molecular complexity index is 799. The smallest absolute Gasteiger partial charge is 0.258 e. The molecule has 4 nitrogen and oxygen atoms in total. The van der Waals surface area contributed by atoms with Crippen molar-refractivity contribution in [2.24, 2.45) is 0 Å². The van der Waals surface area contributed by atoms with Crippen LogP contribution in [-0.4, -0.2) is 11.8 Å². The summed E-state index contributed by atoms with van der Waals surface area (Å²) in [6, 6.07) is 0. The van der Waals surface area contributed by atoms with Crippen LogP contribution in [0, 0.1) is 0 Å². The van der Waals surface area contributed by atoms with Gasteiger partial charge in [0.05, 0.1) is 22.5 Å². The van der Waals surface area contributed by atoms with E-state index in [9.17, 15) is 9.59 Å². The van der Waals surface area contributed by atoms with Crippen LogP contribution in [0.2, 0.25) is 0 Å². The van der Waals surface area contributed by atoms with Crippen molar-refractivity contribution in [2.45, 2.75) is 13.8 Å². The van der Waals surface area contributed by atoms with E-state index in [4.69, 9.17) is 0 Å². The van der Waals surface area contributed by atoms with Crippen molar-refractivity contribution in [1.29, 1.82) is 0 Å². The van der Waals surface area contributed by atoms with Gasteiger partial charge in [0.25, 0.3) is 11.8 Å². The SMILES string of the molecule is C=C/C=C\C(=C/C)C1=C2C(=O)NC(C(/C=C\C)=C/C=C)=C2C(=O)N1. The van der Waals surface area contributed by atoms with E-state index in [-0.39, 0.29) is 11.8 Å². The molecule has 2 rings (SSSR count). The average molecular weight is 320 g/mol. The number of nitrogens with one attached hydrogen (secondary N) is 2. The summed E-state index contributed by atoms with van der Waals surface area (Å²) in [6.45, 7) is 11.0. The van der Waals surface area contributed by atoms with Crippen molar-refractivity contribution in [3.63, 3.8) is 0 Å². The van der Waals surface area contributed by atoms with Crippen LogP contribution in [0.15, 0.2) is 95.5 Å². The van der Waals surface area contributed by atoms with E-state index in [0.717, 1.165) is 11.1 Å². The number of allylic oxidation sites excluding steroid dienone is 8. The van der Waals surface area contributed by atoms with Crippen LogP contribution in [0.25, 0.3) is 0 Å².